The molecule has 1 nitrogen and oxygen atoms in total. The Bertz CT molecular complexity index is 583. The highest BCUT2D eigenvalue weighted by molar-refractivity contribution is 6.31. The van der Waals surface area contributed by atoms with Crippen molar-refractivity contribution in [2.45, 2.75) is 32.2 Å². The van der Waals surface area contributed by atoms with Gasteiger partial charge in [0.2, 0.25) is 0 Å². The van der Waals surface area contributed by atoms with E-state index in [0.29, 0.717) is 6.42 Å². The van der Waals surface area contributed by atoms with Crippen LogP contribution in [-0.2, 0) is 12.8 Å². The third-order valence-corrected chi connectivity index (χ3v) is 3.82. The van der Waals surface area contributed by atoms with E-state index in [-0.39, 0.29) is 16.9 Å². The number of halogens is 2. The molecule has 0 aromatic heterocycles. The van der Waals surface area contributed by atoms with Crippen molar-refractivity contribution in [2.75, 3.05) is 0 Å². The van der Waals surface area contributed by atoms with Gasteiger partial charge in [-0.1, -0.05) is 53.6 Å². The predicted octanol–water partition coefficient (Wildman–Crippen LogP) is 4.29. The molecule has 0 amide bonds. The second kappa shape index (κ2) is 6.87. The molecular weight excluding hydrogens is 273 g/mol. The number of benzene rings is 2. The zero-order valence-corrected chi connectivity index (χ0v) is 12.3. The lowest BCUT2D eigenvalue weighted by molar-refractivity contribution is 0.599. The first kappa shape index (κ1) is 15.0. The van der Waals surface area contributed by atoms with Crippen LogP contribution in [-0.4, -0.2) is 6.04 Å². The molecule has 2 rings (SSSR count). The van der Waals surface area contributed by atoms with Crippen LogP contribution in [0, 0.1) is 12.7 Å². The van der Waals surface area contributed by atoms with Gasteiger partial charge in [-0.25, -0.2) is 4.39 Å². The molecule has 20 heavy (non-hydrogen) atoms. The van der Waals surface area contributed by atoms with Crippen LogP contribution in [0.15, 0.2) is 42.5 Å². The van der Waals surface area contributed by atoms with Crippen molar-refractivity contribution < 1.29 is 4.39 Å². The highest BCUT2D eigenvalue weighted by Gasteiger charge is 2.10. The molecule has 3 heteroatoms. The van der Waals surface area contributed by atoms with Gasteiger partial charge < -0.3 is 5.73 Å². The summed E-state index contributed by atoms with van der Waals surface area (Å²) in [5.74, 6) is -0.380. The molecule has 0 saturated heterocycles. The molecular formula is C17H19ClFN. The van der Waals surface area contributed by atoms with Crippen molar-refractivity contribution in [3.8, 4) is 0 Å². The smallest absolute Gasteiger partial charge is 0.142 e. The second-order valence-electron chi connectivity index (χ2n) is 5.20. The summed E-state index contributed by atoms with van der Waals surface area (Å²) >= 11 is 5.94. The van der Waals surface area contributed by atoms with E-state index in [1.807, 2.05) is 6.07 Å². The lowest BCUT2D eigenvalue weighted by Crippen LogP contribution is -2.23. The van der Waals surface area contributed by atoms with Gasteiger partial charge in [-0.15, -0.1) is 0 Å². The highest BCUT2D eigenvalue weighted by Crippen LogP contribution is 2.21. The van der Waals surface area contributed by atoms with E-state index in [9.17, 15) is 4.39 Å². The van der Waals surface area contributed by atoms with Crippen LogP contribution < -0.4 is 5.73 Å². The first-order valence-corrected chi connectivity index (χ1v) is 7.18. The van der Waals surface area contributed by atoms with Gasteiger partial charge >= 0.3 is 0 Å². The standard InChI is InChI=1S/C17H19ClFN/c1-12-4-2-5-13(10-12)8-9-15(20)11-14-6-3-7-16(19)17(14)18/h2-7,10,15H,8-9,11,20H2,1H3. The van der Waals surface area contributed by atoms with Crippen LogP contribution in [0.3, 0.4) is 0 Å². The molecule has 1 unspecified atom stereocenters. The van der Waals surface area contributed by atoms with Gasteiger partial charge in [0.25, 0.3) is 0 Å². The SMILES string of the molecule is Cc1cccc(CCC(N)Cc2cccc(F)c2Cl)c1. The van der Waals surface area contributed by atoms with E-state index < -0.39 is 0 Å². The van der Waals surface area contributed by atoms with E-state index >= 15 is 0 Å². The van der Waals surface area contributed by atoms with Gasteiger partial charge in [-0.3, -0.25) is 0 Å². The summed E-state index contributed by atoms with van der Waals surface area (Å²) in [6.07, 6.45) is 2.38. The van der Waals surface area contributed by atoms with E-state index in [1.165, 1.54) is 17.2 Å². The maximum atomic E-state index is 13.4. The second-order valence-corrected chi connectivity index (χ2v) is 5.58. The summed E-state index contributed by atoms with van der Waals surface area (Å²) in [7, 11) is 0. The molecule has 2 aromatic rings. The number of hydrogen-bond donors (Lipinski definition) is 1. The topological polar surface area (TPSA) is 26.0 Å². The van der Waals surface area contributed by atoms with E-state index in [2.05, 4.69) is 31.2 Å². The molecule has 0 aliphatic heterocycles. The fourth-order valence-electron chi connectivity index (χ4n) is 2.31. The van der Waals surface area contributed by atoms with Crippen LogP contribution in [0.25, 0.3) is 0 Å². The third-order valence-electron chi connectivity index (χ3n) is 3.40. The fourth-order valence-corrected chi connectivity index (χ4v) is 2.51. The van der Waals surface area contributed by atoms with Crippen molar-refractivity contribution in [3.05, 3.63) is 70.0 Å². The Balaban J connectivity index is 1.92. The van der Waals surface area contributed by atoms with E-state index in [0.717, 1.165) is 18.4 Å². The maximum absolute atomic E-state index is 13.4. The Labute approximate surface area is 124 Å². The molecule has 0 fully saturated rings. The molecule has 0 saturated carbocycles. The molecule has 2 aromatic carbocycles. The van der Waals surface area contributed by atoms with Crippen molar-refractivity contribution in [1.82, 2.24) is 0 Å². The van der Waals surface area contributed by atoms with Gasteiger partial charge in [0.05, 0.1) is 5.02 Å². The Morgan fingerprint density at radius 1 is 1.20 bits per heavy atom. The first-order chi connectivity index (χ1) is 9.56. The summed E-state index contributed by atoms with van der Waals surface area (Å²) in [5.41, 5.74) is 9.45. The number of nitrogens with two attached hydrogens (primary N) is 1. The monoisotopic (exact) mass is 291 g/mol. The summed E-state index contributed by atoms with van der Waals surface area (Å²) in [6, 6.07) is 13.3. The zero-order valence-electron chi connectivity index (χ0n) is 11.6. The van der Waals surface area contributed by atoms with Crippen LogP contribution in [0.5, 0.6) is 0 Å². The van der Waals surface area contributed by atoms with Crippen molar-refractivity contribution in [2.24, 2.45) is 5.73 Å². The van der Waals surface area contributed by atoms with E-state index in [1.54, 1.807) is 6.07 Å². The van der Waals surface area contributed by atoms with Gasteiger partial charge in [-0.2, -0.15) is 0 Å². The number of hydrogen-bond acceptors (Lipinski definition) is 1. The Hall–Kier alpha value is -1.38. The van der Waals surface area contributed by atoms with Gasteiger partial charge in [0, 0.05) is 6.04 Å². The molecule has 0 aliphatic rings. The number of aryl methyl sites for hydroxylation is 2. The van der Waals surface area contributed by atoms with Crippen molar-refractivity contribution >= 4 is 11.6 Å². The fraction of sp³-hybridized carbons (Fsp3) is 0.294. The number of rotatable bonds is 5. The minimum Gasteiger partial charge on any atom is -0.327 e. The van der Waals surface area contributed by atoms with Crippen molar-refractivity contribution in [3.63, 3.8) is 0 Å². The van der Waals surface area contributed by atoms with Gasteiger partial charge in [0.15, 0.2) is 0 Å². The van der Waals surface area contributed by atoms with Gasteiger partial charge in [-0.05, 0) is 43.4 Å². The largest absolute Gasteiger partial charge is 0.327 e. The van der Waals surface area contributed by atoms with Crippen LogP contribution in [0.4, 0.5) is 4.39 Å². The lowest BCUT2D eigenvalue weighted by Gasteiger charge is -2.13. The average molecular weight is 292 g/mol. The Kier molecular flexibility index (Phi) is 5.16. The van der Waals surface area contributed by atoms with Crippen LogP contribution in [0.2, 0.25) is 5.02 Å². The normalized spacial score (nSPS) is 12.4. The summed E-state index contributed by atoms with van der Waals surface area (Å²) in [6.45, 7) is 2.08. The predicted molar refractivity (Wildman–Crippen MR) is 82.6 cm³/mol. The Morgan fingerprint density at radius 3 is 2.70 bits per heavy atom. The summed E-state index contributed by atoms with van der Waals surface area (Å²) in [4.78, 5) is 0. The molecule has 2 N–H and O–H groups in total. The molecule has 106 valence electrons. The Morgan fingerprint density at radius 2 is 1.95 bits per heavy atom. The summed E-state index contributed by atoms with van der Waals surface area (Å²) in [5, 5.41) is 0.193. The molecule has 0 radical (unpaired) electrons. The van der Waals surface area contributed by atoms with Gasteiger partial charge in [0.1, 0.15) is 5.82 Å². The third kappa shape index (κ3) is 4.06. The van der Waals surface area contributed by atoms with Crippen LogP contribution in [0.1, 0.15) is 23.1 Å². The highest BCUT2D eigenvalue weighted by atomic mass is 35.5. The quantitative estimate of drug-likeness (QED) is 0.874. The van der Waals surface area contributed by atoms with E-state index in [4.69, 9.17) is 17.3 Å². The minimum atomic E-state index is -0.380. The minimum absolute atomic E-state index is 0.0187. The lowest BCUT2D eigenvalue weighted by atomic mass is 9.99. The average Bonchev–Trinajstić information content (AvgIpc) is 2.42. The summed E-state index contributed by atoms with van der Waals surface area (Å²) < 4.78 is 13.4. The molecule has 0 heterocycles. The van der Waals surface area contributed by atoms with Crippen molar-refractivity contribution in [1.29, 1.82) is 0 Å². The first-order valence-electron chi connectivity index (χ1n) is 6.80. The molecule has 0 spiro atoms. The molecule has 1 atom stereocenters. The molecule has 0 bridgehead atoms. The zero-order chi connectivity index (χ0) is 14.5. The molecule has 0 aliphatic carbocycles. The van der Waals surface area contributed by atoms with Crippen LogP contribution >= 0.6 is 11.6 Å². The maximum Gasteiger partial charge on any atom is 0.142 e.